The Morgan fingerprint density at radius 3 is 3.00 bits per heavy atom. The third-order valence-corrected chi connectivity index (χ3v) is 4.58. The molecule has 1 fully saturated rings. The Hall–Kier alpha value is -2.45. The van der Waals surface area contributed by atoms with E-state index in [0.717, 1.165) is 30.8 Å². The predicted molar refractivity (Wildman–Crippen MR) is 89.8 cm³/mol. The van der Waals surface area contributed by atoms with E-state index in [4.69, 9.17) is 9.47 Å². The van der Waals surface area contributed by atoms with Crippen LogP contribution in [-0.2, 0) is 4.74 Å². The first-order valence-electron chi connectivity index (χ1n) is 7.52. The van der Waals surface area contributed by atoms with E-state index in [2.05, 4.69) is 5.32 Å². The summed E-state index contributed by atoms with van der Waals surface area (Å²) in [6.07, 6.45) is 2.17. The van der Waals surface area contributed by atoms with Gasteiger partial charge in [-0.15, -0.1) is 0 Å². The molecule has 1 N–H and O–H groups in total. The average molecular weight is 348 g/mol. The van der Waals surface area contributed by atoms with E-state index in [9.17, 15) is 14.9 Å². The Kier molecular flexibility index (Phi) is 5.07. The summed E-state index contributed by atoms with van der Waals surface area (Å²) in [5.41, 5.74) is 0.570. The number of hydrogen-bond donors (Lipinski definition) is 1. The van der Waals surface area contributed by atoms with Gasteiger partial charge in [-0.05, 0) is 31.0 Å². The number of benzene rings is 1. The monoisotopic (exact) mass is 348 g/mol. The van der Waals surface area contributed by atoms with E-state index in [-0.39, 0.29) is 21.9 Å². The van der Waals surface area contributed by atoms with Gasteiger partial charge in [-0.2, -0.15) is 0 Å². The lowest BCUT2D eigenvalue weighted by molar-refractivity contribution is -0.380. The first-order chi connectivity index (χ1) is 11.6. The lowest BCUT2D eigenvalue weighted by atomic mass is 10.2. The second-order valence-electron chi connectivity index (χ2n) is 5.32. The quantitative estimate of drug-likeness (QED) is 0.637. The molecule has 8 heteroatoms. The van der Waals surface area contributed by atoms with Crippen LogP contribution in [-0.4, -0.2) is 30.1 Å². The zero-order valence-electron chi connectivity index (χ0n) is 12.8. The molecule has 0 aliphatic carbocycles. The van der Waals surface area contributed by atoms with Gasteiger partial charge in [-0.1, -0.05) is 17.4 Å². The maximum Gasteiger partial charge on any atom is 0.324 e. The summed E-state index contributed by atoms with van der Waals surface area (Å²) in [4.78, 5) is 22.6. The summed E-state index contributed by atoms with van der Waals surface area (Å²) in [7, 11) is 0. The maximum absolute atomic E-state index is 12.1. The smallest absolute Gasteiger partial charge is 0.324 e. The molecule has 24 heavy (non-hydrogen) atoms. The van der Waals surface area contributed by atoms with Crippen LogP contribution in [0.5, 0.6) is 5.75 Å². The summed E-state index contributed by atoms with van der Waals surface area (Å²) < 4.78 is 11.2. The van der Waals surface area contributed by atoms with Gasteiger partial charge in [-0.25, -0.2) is 0 Å². The van der Waals surface area contributed by atoms with E-state index in [1.807, 2.05) is 0 Å². The van der Waals surface area contributed by atoms with Crippen molar-refractivity contribution < 1.29 is 19.2 Å². The molecular weight excluding hydrogens is 332 g/mol. The summed E-state index contributed by atoms with van der Waals surface area (Å²) >= 11 is 0.841. The fourth-order valence-electron chi connectivity index (χ4n) is 2.37. The fourth-order valence-corrected chi connectivity index (χ4v) is 3.08. The molecule has 1 aliphatic heterocycles. The van der Waals surface area contributed by atoms with Gasteiger partial charge in [0, 0.05) is 24.4 Å². The van der Waals surface area contributed by atoms with E-state index >= 15 is 0 Å². The largest absolute Gasteiger partial charge is 0.491 e. The van der Waals surface area contributed by atoms with Crippen molar-refractivity contribution in [2.24, 2.45) is 0 Å². The second-order valence-corrected chi connectivity index (χ2v) is 6.39. The van der Waals surface area contributed by atoms with E-state index < -0.39 is 4.92 Å². The minimum atomic E-state index is -0.513. The number of amides is 1. The normalized spacial score (nSPS) is 16.8. The number of hydrogen-bond acceptors (Lipinski definition) is 6. The van der Waals surface area contributed by atoms with E-state index in [0.29, 0.717) is 18.0 Å². The van der Waals surface area contributed by atoms with Crippen LogP contribution >= 0.6 is 11.3 Å². The number of carbonyl (C=O) groups excluding carboxylic acids is 1. The Morgan fingerprint density at radius 2 is 2.29 bits per heavy atom. The van der Waals surface area contributed by atoms with Crippen LogP contribution in [0.3, 0.4) is 0 Å². The number of rotatable bonds is 6. The fraction of sp³-hybridized carbons (Fsp3) is 0.312. The van der Waals surface area contributed by atoms with Crippen molar-refractivity contribution in [3.05, 3.63) is 51.4 Å². The van der Waals surface area contributed by atoms with Crippen molar-refractivity contribution in [1.29, 1.82) is 0 Å². The molecule has 1 aliphatic rings. The van der Waals surface area contributed by atoms with Gasteiger partial charge in [0.15, 0.2) is 0 Å². The molecule has 2 heterocycles. The zero-order chi connectivity index (χ0) is 16.9. The molecule has 0 saturated carbocycles. The molecular formula is C16H16N2O5S. The molecule has 126 valence electrons. The molecule has 0 bridgehead atoms. The number of thiophene rings is 1. The number of ether oxygens (including phenoxy) is 2. The summed E-state index contributed by atoms with van der Waals surface area (Å²) in [6.45, 7) is 1.26. The highest BCUT2D eigenvalue weighted by molar-refractivity contribution is 7.17. The van der Waals surface area contributed by atoms with Crippen LogP contribution in [0.4, 0.5) is 10.7 Å². The highest BCUT2D eigenvalue weighted by Gasteiger charge is 2.17. The number of anilines is 1. The lowest BCUT2D eigenvalue weighted by Crippen LogP contribution is -2.16. The number of nitrogens with zero attached hydrogens (tertiary/aromatic N) is 1. The van der Waals surface area contributed by atoms with Gasteiger partial charge in [0.25, 0.3) is 5.91 Å². The molecule has 0 spiro atoms. The zero-order valence-corrected chi connectivity index (χ0v) is 13.6. The standard InChI is InChI=1S/C16H16N2O5S/c19-16(14-6-7-15(24-14)18(20)21)17-11-3-1-4-12(9-11)23-10-13-5-2-8-22-13/h1,3-4,6-7,9,13H,2,5,8,10H2,(H,17,19). The Bertz CT molecular complexity index is 740. The van der Waals surface area contributed by atoms with Gasteiger partial charge in [0.05, 0.1) is 15.9 Å². The third-order valence-electron chi connectivity index (χ3n) is 3.55. The molecule has 1 amide bonds. The lowest BCUT2D eigenvalue weighted by Gasteiger charge is -2.12. The third kappa shape index (κ3) is 4.09. The SMILES string of the molecule is O=C(Nc1cccc(OCC2CCCO2)c1)c1ccc([N+](=O)[O-])s1. The molecule has 2 aromatic rings. The van der Waals surface area contributed by atoms with Gasteiger partial charge in [0.2, 0.25) is 0 Å². The van der Waals surface area contributed by atoms with Crippen molar-refractivity contribution in [3.8, 4) is 5.75 Å². The molecule has 1 unspecified atom stereocenters. The maximum atomic E-state index is 12.1. The molecule has 1 aromatic heterocycles. The number of carbonyl (C=O) groups is 1. The highest BCUT2D eigenvalue weighted by atomic mass is 32.1. The van der Waals surface area contributed by atoms with Crippen LogP contribution < -0.4 is 10.1 Å². The van der Waals surface area contributed by atoms with Crippen LogP contribution in [0.2, 0.25) is 0 Å². The van der Waals surface area contributed by atoms with E-state index in [1.54, 1.807) is 24.3 Å². The second kappa shape index (κ2) is 7.41. The van der Waals surface area contributed by atoms with Crippen LogP contribution in [0.15, 0.2) is 36.4 Å². The van der Waals surface area contributed by atoms with Crippen molar-refractivity contribution >= 4 is 27.9 Å². The minimum absolute atomic E-state index is 0.0613. The Balaban J connectivity index is 1.60. The van der Waals surface area contributed by atoms with Gasteiger partial charge in [-0.3, -0.25) is 14.9 Å². The molecule has 1 aromatic carbocycles. The minimum Gasteiger partial charge on any atom is -0.491 e. The van der Waals surface area contributed by atoms with Crippen LogP contribution in [0, 0.1) is 10.1 Å². The van der Waals surface area contributed by atoms with Crippen molar-refractivity contribution in [2.75, 3.05) is 18.5 Å². The van der Waals surface area contributed by atoms with Gasteiger partial charge < -0.3 is 14.8 Å². The molecule has 3 rings (SSSR count). The first-order valence-corrected chi connectivity index (χ1v) is 8.33. The Labute approximate surface area is 142 Å². The molecule has 1 atom stereocenters. The van der Waals surface area contributed by atoms with E-state index in [1.165, 1.54) is 12.1 Å². The van der Waals surface area contributed by atoms with Gasteiger partial charge in [0.1, 0.15) is 12.4 Å². The van der Waals surface area contributed by atoms with Crippen molar-refractivity contribution in [1.82, 2.24) is 0 Å². The first kappa shape index (κ1) is 16.4. The van der Waals surface area contributed by atoms with Crippen molar-refractivity contribution in [2.45, 2.75) is 18.9 Å². The summed E-state index contributed by atoms with van der Waals surface area (Å²) in [6, 6.07) is 9.79. The topological polar surface area (TPSA) is 90.7 Å². The van der Waals surface area contributed by atoms with Crippen molar-refractivity contribution in [3.63, 3.8) is 0 Å². The molecule has 7 nitrogen and oxygen atoms in total. The number of nitrogens with one attached hydrogen (secondary N) is 1. The average Bonchev–Trinajstić information content (AvgIpc) is 3.25. The predicted octanol–water partition coefficient (Wildman–Crippen LogP) is 3.47. The summed E-state index contributed by atoms with van der Waals surface area (Å²) in [5, 5.41) is 13.3. The Morgan fingerprint density at radius 1 is 1.42 bits per heavy atom. The van der Waals surface area contributed by atoms with Gasteiger partial charge >= 0.3 is 5.00 Å². The molecule has 0 radical (unpaired) electrons. The van der Waals surface area contributed by atoms with Crippen LogP contribution in [0.1, 0.15) is 22.5 Å². The summed E-state index contributed by atoms with van der Waals surface area (Å²) in [5.74, 6) is 0.254. The number of nitro groups is 1. The highest BCUT2D eigenvalue weighted by Crippen LogP contribution is 2.25. The molecule has 1 saturated heterocycles. The van der Waals surface area contributed by atoms with Crippen LogP contribution in [0.25, 0.3) is 0 Å².